The second-order valence-electron chi connectivity index (χ2n) is 8.11. The smallest absolute Gasteiger partial charge is 0.246 e. The molecule has 0 unspecified atom stereocenters. The quantitative estimate of drug-likeness (QED) is 0.663. The molecule has 1 amide bonds. The van der Waals surface area contributed by atoms with E-state index in [0.29, 0.717) is 6.61 Å². The predicted molar refractivity (Wildman–Crippen MR) is 113 cm³/mol. The molecule has 1 saturated heterocycles. The topological polar surface area (TPSA) is 42.7 Å². The highest BCUT2D eigenvalue weighted by Crippen LogP contribution is 2.41. The number of ether oxygens (including phenoxy) is 1. The van der Waals surface area contributed by atoms with Crippen LogP contribution in [0.5, 0.6) is 5.75 Å². The number of fused-ring (bicyclic) bond motifs is 3. The van der Waals surface area contributed by atoms with E-state index in [1.54, 1.807) is 6.08 Å². The number of furan rings is 1. The second-order valence-corrected chi connectivity index (χ2v) is 8.11. The number of benzene rings is 1. The molecule has 2 aromatic rings. The molecule has 1 aliphatic heterocycles. The van der Waals surface area contributed by atoms with Crippen LogP contribution in [0.4, 0.5) is 0 Å². The Morgan fingerprint density at radius 1 is 1.18 bits per heavy atom. The summed E-state index contributed by atoms with van der Waals surface area (Å²) in [5.41, 5.74) is 5.33. The first-order chi connectivity index (χ1) is 13.6. The molecule has 2 aliphatic rings. The van der Waals surface area contributed by atoms with Crippen LogP contribution in [-0.2, 0) is 17.6 Å². The minimum absolute atomic E-state index is 0.117. The second kappa shape index (κ2) is 8.02. The number of piperidine rings is 1. The van der Waals surface area contributed by atoms with Crippen molar-refractivity contribution in [3.63, 3.8) is 0 Å². The van der Waals surface area contributed by atoms with Gasteiger partial charge in [0.1, 0.15) is 17.1 Å². The Kier molecular flexibility index (Phi) is 5.47. The van der Waals surface area contributed by atoms with E-state index in [9.17, 15) is 4.79 Å². The third-order valence-electron chi connectivity index (χ3n) is 6.15. The third-order valence-corrected chi connectivity index (χ3v) is 6.15. The molecule has 4 heteroatoms. The van der Waals surface area contributed by atoms with Crippen LogP contribution in [0, 0.1) is 6.92 Å². The van der Waals surface area contributed by atoms with Gasteiger partial charge in [-0.1, -0.05) is 0 Å². The van der Waals surface area contributed by atoms with E-state index >= 15 is 0 Å². The average molecular weight is 382 g/mol. The molecule has 1 aromatic carbocycles. The number of nitrogens with zero attached hydrogens (tertiary/aromatic N) is 1. The largest absolute Gasteiger partial charge is 0.493 e. The summed E-state index contributed by atoms with van der Waals surface area (Å²) in [6.45, 7) is 8.43. The number of hydrogen-bond acceptors (Lipinski definition) is 3. The van der Waals surface area contributed by atoms with Crippen molar-refractivity contribution in [1.29, 1.82) is 0 Å². The van der Waals surface area contributed by atoms with Gasteiger partial charge in [0.25, 0.3) is 0 Å². The van der Waals surface area contributed by atoms with Crippen LogP contribution in [0.25, 0.3) is 16.5 Å². The molecule has 1 aliphatic carbocycles. The lowest BCUT2D eigenvalue weighted by Gasteiger charge is -2.25. The van der Waals surface area contributed by atoms with Crippen molar-refractivity contribution in [3.8, 4) is 5.75 Å². The molecule has 0 bridgehead atoms. The summed E-state index contributed by atoms with van der Waals surface area (Å²) in [7, 11) is 0. The summed E-state index contributed by atoms with van der Waals surface area (Å²) >= 11 is 0. The van der Waals surface area contributed by atoms with E-state index in [2.05, 4.69) is 13.0 Å². The summed E-state index contributed by atoms with van der Waals surface area (Å²) in [4.78, 5) is 14.7. The summed E-state index contributed by atoms with van der Waals surface area (Å²) in [5.74, 6) is 2.10. The summed E-state index contributed by atoms with van der Waals surface area (Å²) in [5, 5.41) is 1.20. The highest BCUT2D eigenvalue weighted by Gasteiger charge is 2.23. The van der Waals surface area contributed by atoms with Gasteiger partial charge >= 0.3 is 0 Å². The number of carbonyl (C=O) groups is 1. The predicted octanol–water partition coefficient (Wildman–Crippen LogP) is 5.43. The Balaban J connectivity index is 1.78. The lowest BCUT2D eigenvalue weighted by molar-refractivity contribution is -0.126. The first-order valence-electron chi connectivity index (χ1n) is 10.8. The van der Waals surface area contributed by atoms with Crippen molar-refractivity contribution in [2.75, 3.05) is 19.7 Å². The Morgan fingerprint density at radius 3 is 2.68 bits per heavy atom. The zero-order valence-corrected chi connectivity index (χ0v) is 17.4. The normalized spacial score (nSPS) is 17.7. The molecule has 150 valence electrons. The summed E-state index contributed by atoms with van der Waals surface area (Å²) in [6, 6.07) is 2.19. The fourth-order valence-corrected chi connectivity index (χ4v) is 4.63. The van der Waals surface area contributed by atoms with Crippen molar-refractivity contribution in [2.45, 2.75) is 65.7 Å². The van der Waals surface area contributed by atoms with Gasteiger partial charge in [0, 0.05) is 47.7 Å². The zero-order valence-electron chi connectivity index (χ0n) is 17.4. The molecule has 4 rings (SSSR count). The molecular formula is C24H31NO3. The van der Waals surface area contributed by atoms with Gasteiger partial charge < -0.3 is 14.1 Å². The average Bonchev–Trinajstić information content (AvgIpc) is 3.09. The number of amides is 1. The number of hydrogen-bond donors (Lipinski definition) is 0. The lowest BCUT2D eigenvalue weighted by atomic mass is 9.93. The van der Waals surface area contributed by atoms with Crippen LogP contribution < -0.4 is 4.74 Å². The highest BCUT2D eigenvalue weighted by molar-refractivity contribution is 5.98. The first-order valence-corrected chi connectivity index (χ1v) is 10.8. The molecule has 0 atom stereocenters. The van der Waals surface area contributed by atoms with E-state index < -0.39 is 0 Å². The Bertz CT molecular complexity index is 916. The standard InChI is InChI=1S/C24H31NO3/c1-4-27-23-17(3)24-20(18-10-6-7-11-21(18)28-24)15-19(23)16(2)14-22(26)25-12-8-5-9-13-25/h14-15H,4-13H2,1-3H3/b16-14+. The van der Waals surface area contributed by atoms with Crippen LogP contribution in [0.15, 0.2) is 16.6 Å². The minimum atomic E-state index is 0.117. The molecule has 0 N–H and O–H groups in total. The molecule has 1 fully saturated rings. The number of aryl methyl sites for hydroxylation is 3. The molecule has 4 nitrogen and oxygen atoms in total. The summed E-state index contributed by atoms with van der Waals surface area (Å²) in [6.07, 6.45) is 9.73. The SMILES string of the molecule is CCOc1c(/C(C)=C/C(=O)N2CCCCC2)cc2c3c(oc2c1C)CCCC3. The van der Waals surface area contributed by atoms with E-state index in [4.69, 9.17) is 9.15 Å². The number of carbonyl (C=O) groups excluding carboxylic acids is 1. The van der Waals surface area contributed by atoms with Crippen molar-refractivity contribution in [1.82, 2.24) is 4.90 Å². The van der Waals surface area contributed by atoms with Gasteiger partial charge in [-0.05, 0) is 70.9 Å². The van der Waals surface area contributed by atoms with Crippen molar-refractivity contribution >= 4 is 22.4 Å². The molecule has 0 radical (unpaired) electrons. The van der Waals surface area contributed by atoms with E-state index in [0.717, 1.165) is 72.6 Å². The molecule has 0 saturated carbocycles. The first kappa shape index (κ1) is 19.1. The molecule has 28 heavy (non-hydrogen) atoms. The summed E-state index contributed by atoms with van der Waals surface area (Å²) < 4.78 is 12.3. The van der Waals surface area contributed by atoms with Crippen LogP contribution in [0.2, 0.25) is 0 Å². The lowest BCUT2D eigenvalue weighted by Crippen LogP contribution is -2.34. The highest BCUT2D eigenvalue weighted by atomic mass is 16.5. The van der Waals surface area contributed by atoms with Crippen LogP contribution in [0.1, 0.15) is 68.4 Å². The maximum Gasteiger partial charge on any atom is 0.246 e. The fraction of sp³-hybridized carbons (Fsp3) is 0.542. The minimum Gasteiger partial charge on any atom is -0.493 e. The molecule has 1 aromatic heterocycles. The van der Waals surface area contributed by atoms with Gasteiger partial charge in [0.2, 0.25) is 5.91 Å². The van der Waals surface area contributed by atoms with Gasteiger partial charge in [0.15, 0.2) is 0 Å². The molecular weight excluding hydrogens is 350 g/mol. The number of likely N-dealkylation sites (tertiary alicyclic amines) is 1. The molecule has 2 heterocycles. The van der Waals surface area contributed by atoms with E-state index in [1.807, 2.05) is 18.7 Å². The number of rotatable bonds is 4. The number of allylic oxidation sites excluding steroid dienone is 1. The Hall–Kier alpha value is -2.23. The van der Waals surface area contributed by atoms with Gasteiger partial charge in [-0.3, -0.25) is 4.79 Å². The van der Waals surface area contributed by atoms with Crippen LogP contribution in [-0.4, -0.2) is 30.5 Å². The van der Waals surface area contributed by atoms with E-state index in [-0.39, 0.29) is 5.91 Å². The van der Waals surface area contributed by atoms with Crippen molar-refractivity contribution < 1.29 is 13.9 Å². The van der Waals surface area contributed by atoms with Crippen LogP contribution >= 0.6 is 0 Å². The third kappa shape index (κ3) is 3.45. The Labute approximate surface area is 167 Å². The van der Waals surface area contributed by atoms with Gasteiger partial charge in [0.05, 0.1) is 6.61 Å². The van der Waals surface area contributed by atoms with Crippen molar-refractivity contribution in [3.05, 3.63) is 34.6 Å². The van der Waals surface area contributed by atoms with Gasteiger partial charge in [-0.25, -0.2) is 0 Å². The van der Waals surface area contributed by atoms with Crippen LogP contribution in [0.3, 0.4) is 0 Å². The van der Waals surface area contributed by atoms with Gasteiger partial charge in [-0.15, -0.1) is 0 Å². The fourth-order valence-electron chi connectivity index (χ4n) is 4.63. The maximum atomic E-state index is 12.8. The van der Waals surface area contributed by atoms with E-state index in [1.165, 1.54) is 30.2 Å². The maximum absolute atomic E-state index is 12.8. The van der Waals surface area contributed by atoms with Gasteiger partial charge in [-0.2, -0.15) is 0 Å². The molecule has 0 spiro atoms. The zero-order chi connectivity index (χ0) is 19.7. The Morgan fingerprint density at radius 2 is 1.93 bits per heavy atom. The monoisotopic (exact) mass is 381 g/mol. The van der Waals surface area contributed by atoms with Crippen molar-refractivity contribution in [2.24, 2.45) is 0 Å².